The summed E-state index contributed by atoms with van der Waals surface area (Å²) in [6.07, 6.45) is 7.81. The monoisotopic (exact) mass is 372 g/mol. The van der Waals surface area contributed by atoms with Crippen molar-refractivity contribution >= 4 is 5.91 Å². The normalized spacial score (nSPS) is 18.0. The van der Waals surface area contributed by atoms with E-state index < -0.39 is 0 Å². The Morgan fingerprint density at radius 3 is 2.15 bits per heavy atom. The lowest BCUT2D eigenvalue weighted by Gasteiger charge is -2.37. The van der Waals surface area contributed by atoms with E-state index in [-0.39, 0.29) is 22.9 Å². The van der Waals surface area contributed by atoms with Crippen LogP contribution in [0.1, 0.15) is 78.7 Å². The first kappa shape index (κ1) is 21.9. The Bertz CT molecular complexity index is 566. The molecule has 152 valence electrons. The van der Waals surface area contributed by atoms with Crippen LogP contribution in [0.4, 0.5) is 0 Å². The summed E-state index contributed by atoms with van der Waals surface area (Å²) < 4.78 is 0. The first-order valence-electron chi connectivity index (χ1n) is 10.8. The second-order valence-electron chi connectivity index (χ2n) is 10.1. The predicted molar refractivity (Wildman–Crippen MR) is 115 cm³/mol. The van der Waals surface area contributed by atoms with Crippen LogP contribution in [0.25, 0.3) is 0 Å². The second kappa shape index (κ2) is 9.73. The third-order valence-corrected chi connectivity index (χ3v) is 5.37. The standard InChI is InChI=1S/C24H40N2O/c1-23(2,3)19-24(4,5)25-22(27)21(26-17-11-6-7-12-18-26)16-15-20-13-9-8-10-14-20/h8-10,13-14,21H,6-7,11-12,15-19H2,1-5H3,(H,25,27). The summed E-state index contributed by atoms with van der Waals surface area (Å²) in [5.41, 5.74) is 1.32. The van der Waals surface area contributed by atoms with Crippen molar-refractivity contribution in [2.75, 3.05) is 13.1 Å². The van der Waals surface area contributed by atoms with Gasteiger partial charge in [-0.05, 0) is 70.0 Å². The molecule has 1 aromatic rings. The SMILES string of the molecule is CC(C)(C)CC(C)(C)NC(=O)C(CCc1ccccc1)N1CCCCCC1. The van der Waals surface area contributed by atoms with Crippen LogP contribution in [-0.2, 0) is 11.2 Å². The molecule has 0 saturated carbocycles. The molecular weight excluding hydrogens is 332 g/mol. The zero-order chi connectivity index (χ0) is 19.9. The van der Waals surface area contributed by atoms with Crippen LogP contribution in [0, 0.1) is 5.41 Å². The van der Waals surface area contributed by atoms with E-state index in [1.165, 1.54) is 31.2 Å². The van der Waals surface area contributed by atoms with Gasteiger partial charge in [0.05, 0.1) is 6.04 Å². The summed E-state index contributed by atoms with van der Waals surface area (Å²) in [6, 6.07) is 10.5. The Kier molecular flexibility index (Phi) is 7.91. The highest BCUT2D eigenvalue weighted by Crippen LogP contribution is 2.27. The van der Waals surface area contributed by atoms with Crippen molar-refractivity contribution in [1.29, 1.82) is 0 Å². The third kappa shape index (κ3) is 8.04. The fourth-order valence-corrected chi connectivity index (χ4v) is 4.62. The quantitative estimate of drug-likeness (QED) is 0.714. The van der Waals surface area contributed by atoms with E-state index >= 15 is 0 Å². The number of amides is 1. The van der Waals surface area contributed by atoms with E-state index in [4.69, 9.17) is 0 Å². The molecule has 1 saturated heterocycles. The number of benzene rings is 1. The molecule has 1 atom stereocenters. The number of carbonyl (C=O) groups is 1. The Morgan fingerprint density at radius 1 is 1.00 bits per heavy atom. The molecule has 1 aliphatic rings. The maximum atomic E-state index is 13.3. The van der Waals surface area contributed by atoms with Gasteiger partial charge < -0.3 is 5.32 Å². The van der Waals surface area contributed by atoms with Gasteiger partial charge in [0, 0.05) is 5.54 Å². The Hall–Kier alpha value is -1.35. The van der Waals surface area contributed by atoms with Gasteiger partial charge in [-0.1, -0.05) is 63.9 Å². The number of nitrogens with one attached hydrogen (secondary N) is 1. The summed E-state index contributed by atoms with van der Waals surface area (Å²) >= 11 is 0. The first-order chi connectivity index (χ1) is 12.7. The smallest absolute Gasteiger partial charge is 0.237 e. The van der Waals surface area contributed by atoms with Crippen LogP contribution in [0.5, 0.6) is 0 Å². The molecule has 0 aromatic heterocycles. The first-order valence-corrected chi connectivity index (χ1v) is 10.8. The fourth-order valence-electron chi connectivity index (χ4n) is 4.62. The Morgan fingerprint density at radius 2 is 1.59 bits per heavy atom. The van der Waals surface area contributed by atoms with Crippen LogP contribution >= 0.6 is 0 Å². The van der Waals surface area contributed by atoms with Gasteiger partial charge in [0.15, 0.2) is 0 Å². The van der Waals surface area contributed by atoms with Gasteiger partial charge in [-0.2, -0.15) is 0 Å². The van der Waals surface area contributed by atoms with Crippen LogP contribution < -0.4 is 5.32 Å². The molecule has 3 nitrogen and oxygen atoms in total. The van der Waals surface area contributed by atoms with Crippen LogP contribution in [0.2, 0.25) is 0 Å². The van der Waals surface area contributed by atoms with Gasteiger partial charge in [-0.25, -0.2) is 0 Å². The maximum absolute atomic E-state index is 13.3. The number of aryl methyl sites for hydroxylation is 1. The number of nitrogens with zero attached hydrogens (tertiary/aromatic N) is 1. The largest absolute Gasteiger partial charge is 0.350 e. The molecule has 1 N–H and O–H groups in total. The second-order valence-corrected chi connectivity index (χ2v) is 10.1. The van der Waals surface area contributed by atoms with E-state index in [0.717, 1.165) is 32.4 Å². The molecule has 1 aromatic carbocycles. The molecule has 1 amide bonds. The van der Waals surface area contributed by atoms with Gasteiger partial charge >= 0.3 is 0 Å². The van der Waals surface area contributed by atoms with Crippen molar-refractivity contribution in [3.05, 3.63) is 35.9 Å². The summed E-state index contributed by atoms with van der Waals surface area (Å²) in [5.74, 6) is 0.210. The maximum Gasteiger partial charge on any atom is 0.237 e. The molecule has 1 unspecified atom stereocenters. The van der Waals surface area contributed by atoms with E-state index in [1.54, 1.807) is 0 Å². The minimum Gasteiger partial charge on any atom is -0.350 e. The van der Waals surface area contributed by atoms with Crippen LogP contribution in [0.3, 0.4) is 0 Å². The van der Waals surface area contributed by atoms with Crippen molar-refractivity contribution in [3.63, 3.8) is 0 Å². The van der Waals surface area contributed by atoms with E-state index in [1.807, 2.05) is 0 Å². The lowest BCUT2D eigenvalue weighted by molar-refractivity contribution is -0.128. The summed E-state index contributed by atoms with van der Waals surface area (Å²) in [5, 5.41) is 3.39. The topological polar surface area (TPSA) is 32.3 Å². The number of carbonyl (C=O) groups excluding carboxylic acids is 1. The van der Waals surface area contributed by atoms with Gasteiger partial charge in [0.2, 0.25) is 5.91 Å². The minimum atomic E-state index is -0.188. The van der Waals surface area contributed by atoms with Crippen molar-refractivity contribution in [3.8, 4) is 0 Å². The lowest BCUT2D eigenvalue weighted by atomic mass is 9.81. The van der Waals surface area contributed by atoms with Crippen LogP contribution in [-0.4, -0.2) is 35.5 Å². The van der Waals surface area contributed by atoms with E-state index in [9.17, 15) is 4.79 Å². The predicted octanol–water partition coefficient (Wildman–Crippen LogP) is 5.19. The third-order valence-electron chi connectivity index (χ3n) is 5.37. The van der Waals surface area contributed by atoms with E-state index in [2.05, 4.69) is 75.2 Å². The Balaban J connectivity index is 2.08. The molecule has 0 aliphatic carbocycles. The molecule has 1 aliphatic heterocycles. The molecule has 1 fully saturated rings. The molecule has 3 heteroatoms. The summed E-state index contributed by atoms with van der Waals surface area (Å²) in [4.78, 5) is 15.8. The van der Waals surface area contributed by atoms with Crippen molar-refractivity contribution < 1.29 is 4.79 Å². The molecule has 1 heterocycles. The number of hydrogen-bond donors (Lipinski definition) is 1. The van der Waals surface area contributed by atoms with Gasteiger partial charge in [-0.3, -0.25) is 9.69 Å². The van der Waals surface area contributed by atoms with E-state index in [0.29, 0.717) is 0 Å². The lowest BCUT2D eigenvalue weighted by Crippen LogP contribution is -2.54. The zero-order valence-electron chi connectivity index (χ0n) is 18.2. The highest BCUT2D eigenvalue weighted by atomic mass is 16.2. The molecule has 0 radical (unpaired) electrons. The average molecular weight is 373 g/mol. The molecule has 0 spiro atoms. The van der Waals surface area contributed by atoms with Gasteiger partial charge in [-0.15, -0.1) is 0 Å². The number of likely N-dealkylation sites (tertiary alicyclic amines) is 1. The summed E-state index contributed by atoms with van der Waals surface area (Å²) in [6.45, 7) is 13.1. The Labute approximate surface area is 166 Å². The molecular formula is C24H40N2O. The number of rotatable bonds is 7. The molecule has 27 heavy (non-hydrogen) atoms. The highest BCUT2D eigenvalue weighted by Gasteiger charge is 2.32. The van der Waals surface area contributed by atoms with Gasteiger partial charge in [0.25, 0.3) is 0 Å². The molecule has 2 rings (SSSR count). The average Bonchev–Trinajstić information content (AvgIpc) is 2.82. The highest BCUT2D eigenvalue weighted by molar-refractivity contribution is 5.82. The van der Waals surface area contributed by atoms with Crippen molar-refractivity contribution in [2.45, 2.75) is 91.1 Å². The van der Waals surface area contributed by atoms with Crippen LogP contribution in [0.15, 0.2) is 30.3 Å². The van der Waals surface area contributed by atoms with Gasteiger partial charge in [0.1, 0.15) is 0 Å². The number of hydrogen-bond acceptors (Lipinski definition) is 2. The van der Waals surface area contributed by atoms with Crippen molar-refractivity contribution in [2.24, 2.45) is 5.41 Å². The van der Waals surface area contributed by atoms with Crippen molar-refractivity contribution in [1.82, 2.24) is 10.2 Å². The zero-order valence-corrected chi connectivity index (χ0v) is 18.2. The minimum absolute atomic E-state index is 0.0254. The summed E-state index contributed by atoms with van der Waals surface area (Å²) in [7, 11) is 0. The molecule has 0 bridgehead atoms. The fraction of sp³-hybridized carbons (Fsp3) is 0.708.